The quantitative estimate of drug-likeness (QED) is 0.0755. The summed E-state index contributed by atoms with van der Waals surface area (Å²) in [5, 5.41) is 57.0. The predicted molar refractivity (Wildman–Crippen MR) is 218 cm³/mol. The summed E-state index contributed by atoms with van der Waals surface area (Å²) in [5.41, 5.74) is -0.547. The molecule has 1 aromatic heterocycles. The average Bonchev–Trinajstić information content (AvgIpc) is 3.44. The number of nitrogens with one attached hydrogen (secondary N) is 1. The smallest absolute Gasteiger partial charge is 0.265 e. The van der Waals surface area contributed by atoms with E-state index in [-0.39, 0.29) is 30.0 Å². The van der Waals surface area contributed by atoms with Crippen molar-refractivity contribution in [3.05, 3.63) is 112 Å². The number of ketones is 1. The predicted octanol–water partition coefficient (Wildman–Crippen LogP) is 4.11. The van der Waals surface area contributed by atoms with Crippen molar-refractivity contribution in [1.82, 2.24) is 9.88 Å². The number of pyridine rings is 1. The van der Waals surface area contributed by atoms with E-state index in [1.54, 1.807) is 62.6 Å². The number of ether oxygens (including phenoxy) is 3. The van der Waals surface area contributed by atoms with Crippen LogP contribution in [0.3, 0.4) is 0 Å². The molecule has 57 heavy (non-hydrogen) atoms. The Bertz CT molecular complexity index is 1820. The number of aromatic hydroxyl groups is 1. The first-order valence-corrected chi connectivity index (χ1v) is 19.3. The number of carbonyl (C=O) groups is 2. The van der Waals surface area contributed by atoms with Crippen LogP contribution in [0.15, 0.2) is 101 Å². The van der Waals surface area contributed by atoms with Crippen molar-refractivity contribution in [2.45, 2.75) is 110 Å². The Morgan fingerprint density at radius 1 is 1.05 bits per heavy atom. The first-order chi connectivity index (χ1) is 26.9. The zero-order chi connectivity index (χ0) is 42.7. The number of allylic oxidation sites excluding steroid dienone is 10. The van der Waals surface area contributed by atoms with Crippen LogP contribution < -0.4 is 10.9 Å². The lowest BCUT2D eigenvalue weighted by atomic mass is 9.72. The number of amides is 1. The Hall–Kier alpha value is -4.21. The summed E-state index contributed by atoms with van der Waals surface area (Å²) in [4.78, 5) is 38.4. The average molecular weight is 795 g/mol. The van der Waals surface area contributed by atoms with E-state index in [2.05, 4.69) is 5.32 Å². The summed E-state index contributed by atoms with van der Waals surface area (Å²) in [6.07, 6.45) is 16.0. The van der Waals surface area contributed by atoms with Gasteiger partial charge in [0.25, 0.3) is 5.56 Å². The van der Waals surface area contributed by atoms with Gasteiger partial charge in [0.2, 0.25) is 5.91 Å². The van der Waals surface area contributed by atoms with Crippen molar-refractivity contribution in [3.8, 4) is 5.75 Å². The van der Waals surface area contributed by atoms with Crippen LogP contribution >= 0.6 is 0 Å². The highest BCUT2D eigenvalue weighted by molar-refractivity contribution is 6.09. The second kappa shape index (κ2) is 21.0. The topological polar surface area (TPSA) is 197 Å². The van der Waals surface area contributed by atoms with Crippen molar-refractivity contribution in [1.29, 1.82) is 0 Å². The summed E-state index contributed by atoms with van der Waals surface area (Å²) in [5.74, 6) is -4.55. The lowest BCUT2D eigenvalue weighted by Gasteiger charge is -2.50. The third-order valence-corrected chi connectivity index (χ3v) is 10.9. The van der Waals surface area contributed by atoms with Gasteiger partial charge in [-0.1, -0.05) is 101 Å². The lowest BCUT2D eigenvalue weighted by Crippen LogP contribution is -2.60. The molecule has 0 aliphatic carbocycles. The van der Waals surface area contributed by atoms with Gasteiger partial charge in [-0.15, -0.1) is 0 Å². The minimum atomic E-state index is -1.86. The normalized spacial score (nSPS) is 28.9. The minimum absolute atomic E-state index is 0.104. The third-order valence-electron chi connectivity index (χ3n) is 10.9. The molecule has 314 valence electrons. The second-order valence-electron chi connectivity index (χ2n) is 15.4. The monoisotopic (exact) mass is 794 g/mol. The van der Waals surface area contributed by atoms with E-state index in [0.29, 0.717) is 6.42 Å². The van der Waals surface area contributed by atoms with Gasteiger partial charge >= 0.3 is 0 Å². The van der Waals surface area contributed by atoms with Gasteiger partial charge in [0.1, 0.15) is 29.6 Å². The number of aliphatic hydroxyl groups is 4. The van der Waals surface area contributed by atoms with Crippen LogP contribution in [0, 0.1) is 17.3 Å². The molecule has 2 aliphatic rings. The van der Waals surface area contributed by atoms with Crippen LogP contribution in [0.25, 0.3) is 0 Å². The van der Waals surface area contributed by atoms with E-state index in [9.17, 15) is 39.9 Å². The number of Topliss-reactive ketones (excluding diaryl/α,β-unsaturated/α-hetero) is 1. The van der Waals surface area contributed by atoms with Crippen LogP contribution in [0.1, 0.15) is 71.7 Å². The number of rotatable bonds is 17. The first kappa shape index (κ1) is 47.2. The van der Waals surface area contributed by atoms with Crippen molar-refractivity contribution >= 4 is 11.7 Å². The summed E-state index contributed by atoms with van der Waals surface area (Å²) in [6.45, 7) is 12.8. The van der Waals surface area contributed by atoms with Gasteiger partial charge in [-0.25, -0.2) is 0 Å². The molecule has 1 aromatic rings. The number of nitrogens with zero attached hydrogens (tertiary/aromatic N) is 1. The molecule has 3 heterocycles. The molecule has 6 N–H and O–H groups in total. The molecule has 13 heteroatoms. The van der Waals surface area contributed by atoms with E-state index in [1.807, 2.05) is 52.8 Å². The van der Waals surface area contributed by atoms with E-state index in [0.717, 1.165) is 5.57 Å². The van der Waals surface area contributed by atoms with E-state index in [4.69, 9.17) is 14.2 Å². The Balaban J connectivity index is 1.59. The maximum absolute atomic E-state index is 13.3. The molecule has 2 saturated heterocycles. The highest BCUT2D eigenvalue weighted by atomic mass is 16.6. The number of aliphatic hydroxyl groups excluding tert-OH is 3. The maximum atomic E-state index is 13.3. The summed E-state index contributed by atoms with van der Waals surface area (Å²) >= 11 is 0. The summed E-state index contributed by atoms with van der Waals surface area (Å²) < 4.78 is 19.2. The molecule has 13 nitrogen and oxygen atoms in total. The fourth-order valence-corrected chi connectivity index (χ4v) is 7.17. The molecule has 3 rings (SSSR count). The number of hydrogen-bond donors (Lipinski definition) is 6. The van der Waals surface area contributed by atoms with Gasteiger partial charge in [-0.2, -0.15) is 0 Å². The Morgan fingerprint density at radius 3 is 2.39 bits per heavy atom. The minimum Gasteiger partial charge on any atom is -0.507 e. The molecule has 0 spiro atoms. The summed E-state index contributed by atoms with van der Waals surface area (Å²) in [6, 6.07) is 1.28. The van der Waals surface area contributed by atoms with Crippen LogP contribution in [0.5, 0.6) is 5.75 Å². The fourth-order valence-electron chi connectivity index (χ4n) is 7.17. The molecule has 1 amide bonds. The molecule has 10 atom stereocenters. The molecule has 0 saturated carbocycles. The zero-order valence-corrected chi connectivity index (χ0v) is 34.5. The van der Waals surface area contributed by atoms with Gasteiger partial charge in [0, 0.05) is 44.7 Å². The van der Waals surface area contributed by atoms with Crippen molar-refractivity contribution in [2.75, 3.05) is 13.7 Å². The molecule has 0 radical (unpaired) electrons. The number of aryl methyl sites for hydroxylation is 1. The van der Waals surface area contributed by atoms with E-state index in [1.165, 1.54) is 36.9 Å². The maximum Gasteiger partial charge on any atom is 0.265 e. The van der Waals surface area contributed by atoms with Crippen molar-refractivity contribution in [2.24, 2.45) is 24.3 Å². The van der Waals surface area contributed by atoms with Crippen LogP contribution in [-0.2, 0) is 26.1 Å². The van der Waals surface area contributed by atoms with Crippen LogP contribution in [0.4, 0.5) is 0 Å². The number of carbonyl (C=O) groups excluding carboxylic acids is 2. The standard InChI is InChI=1S/C44H62N2O11/c1-10-12-14-22-34-43(6,7)33(48)26-44(54,57-34)30(11-2)41(52)45-24-18-17-20-28(4)39(55-9)29(5)40-38(51)37(50)32(56-40)21-16-13-15-19-27(3)36(49)35-31(47)23-25-46(8)42(35)53/h10,12-23,25,29-30,32-34,37-40,47-48,50-51,54H,11,24,26H2,1-9H3,(H,45,52)/b12-10+,15-13+,18-17+,21-16+,22-14+,27-19+,28-20+/t29-,30+,32-,33+,34+,37+,38+,39-,40+,44+/m1/s1. The Labute approximate surface area is 336 Å². The van der Waals surface area contributed by atoms with Crippen LogP contribution in [-0.4, -0.2) is 104 Å². The molecule has 0 aromatic carbocycles. The highest BCUT2D eigenvalue weighted by Gasteiger charge is 2.54. The molecule has 0 unspecified atom stereocenters. The Morgan fingerprint density at radius 2 is 1.74 bits per heavy atom. The lowest BCUT2D eigenvalue weighted by molar-refractivity contribution is -0.314. The molecule has 2 aliphatic heterocycles. The van der Waals surface area contributed by atoms with Gasteiger partial charge in [-0.3, -0.25) is 14.4 Å². The number of hydrogen-bond acceptors (Lipinski definition) is 11. The third kappa shape index (κ3) is 11.5. The Kier molecular flexibility index (Phi) is 17.4. The van der Waals surface area contributed by atoms with E-state index < -0.39 is 82.8 Å². The van der Waals surface area contributed by atoms with Gasteiger partial charge in [0.15, 0.2) is 11.6 Å². The summed E-state index contributed by atoms with van der Waals surface area (Å²) in [7, 11) is 3.03. The largest absolute Gasteiger partial charge is 0.507 e. The van der Waals surface area contributed by atoms with Crippen LogP contribution in [0.2, 0.25) is 0 Å². The van der Waals surface area contributed by atoms with Crippen molar-refractivity contribution < 1.29 is 49.3 Å². The number of aromatic nitrogens is 1. The molecular weight excluding hydrogens is 732 g/mol. The molecular formula is C44H62N2O11. The fraction of sp³-hybridized carbons (Fsp3) is 0.523. The second-order valence-corrected chi connectivity index (χ2v) is 15.4. The zero-order valence-electron chi connectivity index (χ0n) is 34.5. The van der Waals surface area contributed by atoms with E-state index >= 15 is 0 Å². The molecule has 0 bridgehead atoms. The van der Waals surface area contributed by atoms with Gasteiger partial charge in [0.05, 0.1) is 30.3 Å². The van der Waals surface area contributed by atoms with Gasteiger partial charge in [-0.05, 0) is 44.4 Å². The SMILES string of the molecule is C/C=C/C=C/[C@@H]1O[C@](O)([C@@H](CC)C(=O)NC/C=C/C=C(\C)[C@@H](OC)[C@@H](C)[C@@H]2O[C@H](/C=C/C=C/C=C(\C)C(=O)c3c(O)ccn(C)c3=O)[C@H](O)[C@@H]2O)C[C@H](O)C1(C)C. The molecule has 2 fully saturated rings. The highest BCUT2D eigenvalue weighted by Crippen LogP contribution is 2.44. The number of methoxy groups -OCH3 is 1. The van der Waals surface area contributed by atoms with Crippen molar-refractivity contribution in [3.63, 3.8) is 0 Å². The first-order valence-electron chi connectivity index (χ1n) is 19.3. The van der Waals surface area contributed by atoms with Gasteiger partial charge < -0.3 is 49.6 Å².